The number of hydrogen-bond donors (Lipinski definition) is 0. The molecule has 0 fully saturated rings. The Kier molecular flexibility index (Phi) is 2.00. The maximum absolute atomic E-state index is 6.03. The Labute approximate surface area is 95.0 Å². The molecule has 0 aliphatic carbocycles. The number of halogens is 1. The summed E-state index contributed by atoms with van der Waals surface area (Å²) in [5.41, 5.74) is 1.19. The molecule has 0 unspecified atom stereocenters. The minimum Gasteiger partial charge on any atom is -0.261 e. The van der Waals surface area contributed by atoms with E-state index in [4.69, 9.17) is 11.6 Å². The normalized spacial score (nSPS) is 10.8. The molecule has 78 valence electrons. The van der Waals surface area contributed by atoms with Crippen molar-refractivity contribution in [1.82, 2.24) is 29.5 Å². The molecule has 0 radical (unpaired) electrons. The molecule has 0 saturated heterocycles. The SMILES string of the molecule is Clc1cncc2nnc(-c3cnccn3)n12. The van der Waals surface area contributed by atoms with Gasteiger partial charge in [0.25, 0.3) is 0 Å². The van der Waals surface area contributed by atoms with Crippen LogP contribution in [0.2, 0.25) is 5.15 Å². The van der Waals surface area contributed by atoms with Crippen LogP contribution in [-0.2, 0) is 0 Å². The van der Waals surface area contributed by atoms with E-state index in [1.165, 1.54) is 6.20 Å². The van der Waals surface area contributed by atoms with Crippen LogP contribution < -0.4 is 0 Å². The summed E-state index contributed by atoms with van der Waals surface area (Å²) in [7, 11) is 0. The second kappa shape index (κ2) is 3.49. The summed E-state index contributed by atoms with van der Waals surface area (Å²) in [6.07, 6.45) is 7.89. The first-order valence-corrected chi connectivity index (χ1v) is 4.85. The molecule has 3 heterocycles. The lowest BCUT2D eigenvalue weighted by Gasteiger charge is -1.99. The Balaban J connectivity index is 2.33. The molecule has 0 amide bonds. The summed E-state index contributed by atoms with van der Waals surface area (Å²) in [4.78, 5) is 12.1. The van der Waals surface area contributed by atoms with Crippen LogP contribution in [0.5, 0.6) is 0 Å². The molecule has 0 aliphatic rings. The van der Waals surface area contributed by atoms with Crippen molar-refractivity contribution in [2.75, 3.05) is 0 Å². The van der Waals surface area contributed by atoms with E-state index in [0.717, 1.165) is 0 Å². The maximum atomic E-state index is 6.03. The molecule has 0 atom stereocenters. The summed E-state index contributed by atoms with van der Waals surface area (Å²) in [5, 5.41) is 8.40. The largest absolute Gasteiger partial charge is 0.261 e. The predicted molar refractivity (Wildman–Crippen MR) is 56.8 cm³/mol. The molecular formula is C9H5ClN6. The minimum atomic E-state index is 0.433. The van der Waals surface area contributed by atoms with Crippen molar-refractivity contribution < 1.29 is 0 Å². The van der Waals surface area contributed by atoms with Gasteiger partial charge in [0.15, 0.2) is 11.5 Å². The van der Waals surface area contributed by atoms with E-state index in [9.17, 15) is 0 Å². The summed E-state index contributed by atoms with van der Waals surface area (Å²) < 4.78 is 1.67. The van der Waals surface area contributed by atoms with Gasteiger partial charge in [0.2, 0.25) is 0 Å². The first kappa shape index (κ1) is 9.17. The van der Waals surface area contributed by atoms with Crippen molar-refractivity contribution in [3.8, 4) is 11.5 Å². The highest BCUT2D eigenvalue weighted by molar-refractivity contribution is 6.29. The number of fused-ring (bicyclic) bond motifs is 1. The van der Waals surface area contributed by atoms with Gasteiger partial charge in [-0.05, 0) is 0 Å². The van der Waals surface area contributed by atoms with Crippen molar-refractivity contribution >= 4 is 17.2 Å². The molecule has 0 aliphatic heterocycles. The fourth-order valence-electron chi connectivity index (χ4n) is 1.39. The molecule has 16 heavy (non-hydrogen) atoms. The number of rotatable bonds is 1. The van der Waals surface area contributed by atoms with Gasteiger partial charge in [0.1, 0.15) is 10.8 Å². The Morgan fingerprint density at radius 1 is 1.00 bits per heavy atom. The molecule has 3 aromatic heterocycles. The second-order valence-electron chi connectivity index (χ2n) is 3.04. The molecule has 0 bridgehead atoms. The first-order chi connectivity index (χ1) is 7.86. The average Bonchev–Trinajstić information content (AvgIpc) is 2.75. The zero-order valence-corrected chi connectivity index (χ0v) is 8.70. The molecule has 0 N–H and O–H groups in total. The van der Waals surface area contributed by atoms with Gasteiger partial charge >= 0.3 is 0 Å². The first-order valence-electron chi connectivity index (χ1n) is 4.47. The van der Waals surface area contributed by atoms with E-state index in [1.807, 2.05) is 0 Å². The molecule has 6 nitrogen and oxygen atoms in total. The summed E-state index contributed by atoms with van der Waals surface area (Å²) in [5.74, 6) is 0.551. The third kappa shape index (κ3) is 1.31. The predicted octanol–water partition coefficient (Wildman–Crippen LogP) is 1.23. The van der Waals surface area contributed by atoms with Crippen LogP contribution in [0.25, 0.3) is 17.2 Å². The lowest BCUT2D eigenvalue weighted by atomic mass is 10.4. The van der Waals surface area contributed by atoms with Crippen LogP contribution in [0.15, 0.2) is 31.0 Å². The molecule has 0 spiro atoms. The van der Waals surface area contributed by atoms with Crippen LogP contribution in [-0.4, -0.2) is 29.5 Å². The van der Waals surface area contributed by atoms with Gasteiger partial charge in [-0.1, -0.05) is 11.6 Å². The van der Waals surface area contributed by atoms with E-state index in [2.05, 4.69) is 25.1 Å². The van der Waals surface area contributed by atoms with E-state index < -0.39 is 0 Å². The molecule has 3 rings (SSSR count). The summed E-state index contributed by atoms with van der Waals surface area (Å²) in [6, 6.07) is 0. The average molecular weight is 233 g/mol. The Hall–Kier alpha value is -2.08. The molecule has 0 saturated carbocycles. The van der Waals surface area contributed by atoms with Gasteiger partial charge in [-0.3, -0.25) is 14.4 Å². The highest BCUT2D eigenvalue weighted by Gasteiger charge is 2.11. The number of hydrogen-bond acceptors (Lipinski definition) is 5. The standard InChI is InChI=1S/C9H5ClN6/c10-7-4-12-5-8-14-15-9(16(7)8)6-3-11-1-2-13-6/h1-5H. The monoisotopic (exact) mass is 232 g/mol. The Bertz CT molecular complexity index is 635. The maximum Gasteiger partial charge on any atom is 0.189 e. The van der Waals surface area contributed by atoms with Crippen LogP contribution >= 0.6 is 11.6 Å². The third-order valence-corrected chi connectivity index (χ3v) is 2.33. The van der Waals surface area contributed by atoms with E-state index >= 15 is 0 Å². The molecule has 0 aromatic carbocycles. The number of nitrogens with zero attached hydrogens (tertiary/aromatic N) is 6. The van der Waals surface area contributed by atoms with Crippen molar-refractivity contribution in [3.63, 3.8) is 0 Å². The van der Waals surface area contributed by atoms with Crippen LogP contribution in [0.3, 0.4) is 0 Å². The van der Waals surface area contributed by atoms with Crippen LogP contribution in [0.1, 0.15) is 0 Å². The highest BCUT2D eigenvalue weighted by atomic mass is 35.5. The quantitative estimate of drug-likeness (QED) is 0.631. The van der Waals surface area contributed by atoms with Gasteiger partial charge < -0.3 is 0 Å². The zero-order chi connectivity index (χ0) is 11.0. The van der Waals surface area contributed by atoms with Gasteiger partial charge in [-0.25, -0.2) is 4.98 Å². The van der Waals surface area contributed by atoms with Gasteiger partial charge in [-0.2, -0.15) is 0 Å². The Morgan fingerprint density at radius 3 is 2.75 bits per heavy atom. The Morgan fingerprint density at radius 2 is 1.94 bits per heavy atom. The molecular weight excluding hydrogens is 228 g/mol. The van der Waals surface area contributed by atoms with E-state index in [1.54, 1.807) is 29.2 Å². The fraction of sp³-hybridized carbons (Fsp3) is 0. The van der Waals surface area contributed by atoms with Crippen LogP contribution in [0, 0.1) is 0 Å². The van der Waals surface area contributed by atoms with Crippen LogP contribution in [0.4, 0.5) is 0 Å². The van der Waals surface area contributed by atoms with Crippen molar-refractivity contribution in [2.24, 2.45) is 0 Å². The lowest BCUT2D eigenvalue weighted by Crippen LogP contribution is -1.94. The van der Waals surface area contributed by atoms with E-state index in [-0.39, 0.29) is 0 Å². The fourth-order valence-corrected chi connectivity index (χ4v) is 1.62. The molecule has 3 aromatic rings. The van der Waals surface area contributed by atoms with E-state index in [0.29, 0.717) is 22.3 Å². The highest BCUT2D eigenvalue weighted by Crippen LogP contribution is 2.18. The minimum absolute atomic E-state index is 0.433. The van der Waals surface area contributed by atoms with Crippen molar-refractivity contribution in [3.05, 3.63) is 36.1 Å². The van der Waals surface area contributed by atoms with Crippen molar-refractivity contribution in [1.29, 1.82) is 0 Å². The van der Waals surface area contributed by atoms with Gasteiger partial charge in [-0.15, -0.1) is 10.2 Å². The summed E-state index contributed by atoms with van der Waals surface area (Å²) >= 11 is 6.03. The topological polar surface area (TPSA) is 68.9 Å². The lowest BCUT2D eigenvalue weighted by molar-refractivity contribution is 1.07. The van der Waals surface area contributed by atoms with Gasteiger partial charge in [0.05, 0.1) is 18.6 Å². The number of aromatic nitrogens is 6. The second-order valence-corrected chi connectivity index (χ2v) is 3.43. The third-order valence-electron chi connectivity index (χ3n) is 2.07. The molecule has 7 heteroatoms. The zero-order valence-electron chi connectivity index (χ0n) is 7.95. The van der Waals surface area contributed by atoms with Gasteiger partial charge in [0, 0.05) is 12.4 Å². The smallest absolute Gasteiger partial charge is 0.189 e. The summed E-state index contributed by atoms with van der Waals surface area (Å²) in [6.45, 7) is 0. The van der Waals surface area contributed by atoms with Crippen molar-refractivity contribution in [2.45, 2.75) is 0 Å².